The summed E-state index contributed by atoms with van der Waals surface area (Å²) in [5.41, 5.74) is 6.10. The van der Waals surface area contributed by atoms with Crippen molar-refractivity contribution in [3.63, 3.8) is 0 Å². The average Bonchev–Trinajstić information content (AvgIpc) is 2.30. The van der Waals surface area contributed by atoms with Crippen molar-refractivity contribution in [1.29, 1.82) is 0 Å². The first-order valence-electron chi connectivity index (χ1n) is 5.98. The topological polar surface area (TPSA) is 46.3 Å². The molecule has 0 aliphatic carbocycles. The van der Waals surface area contributed by atoms with Crippen LogP contribution in [0.4, 0.5) is 4.39 Å². The third-order valence-electron chi connectivity index (χ3n) is 3.16. The number of likely N-dealkylation sites (tertiary alicyclic amines) is 1. The van der Waals surface area contributed by atoms with Gasteiger partial charge in [-0.05, 0) is 24.5 Å². The van der Waals surface area contributed by atoms with Crippen molar-refractivity contribution in [2.75, 3.05) is 13.1 Å². The zero-order chi connectivity index (χ0) is 13.3. The van der Waals surface area contributed by atoms with E-state index < -0.39 is 5.82 Å². The third-order valence-corrected chi connectivity index (χ3v) is 3.55. The summed E-state index contributed by atoms with van der Waals surface area (Å²) in [6, 6.07) is 4.24. The van der Waals surface area contributed by atoms with Crippen LogP contribution in [0, 0.1) is 11.7 Å². The molecule has 1 fully saturated rings. The first-order chi connectivity index (χ1) is 8.49. The van der Waals surface area contributed by atoms with E-state index in [4.69, 9.17) is 17.3 Å². The van der Waals surface area contributed by atoms with Crippen LogP contribution in [-0.2, 0) is 0 Å². The third kappa shape index (κ3) is 2.65. The second kappa shape index (κ2) is 5.24. The van der Waals surface area contributed by atoms with Crippen molar-refractivity contribution in [3.05, 3.63) is 34.6 Å². The van der Waals surface area contributed by atoms with Gasteiger partial charge in [0.25, 0.3) is 5.91 Å². The fourth-order valence-corrected chi connectivity index (χ4v) is 2.61. The number of hydrogen-bond donors (Lipinski definition) is 1. The van der Waals surface area contributed by atoms with Crippen LogP contribution in [-0.4, -0.2) is 29.9 Å². The number of rotatable bonds is 1. The lowest BCUT2D eigenvalue weighted by atomic mass is 9.96. The van der Waals surface area contributed by atoms with E-state index >= 15 is 0 Å². The zero-order valence-corrected chi connectivity index (χ0v) is 11.0. The molecule has 1 saturated heterocycles. The number of halogens is 2. The Morgan fingerprint density at radius 3 is 2.89 bits per heavy atom. The second-order valence-corrected chi connectivity index (χ2v) is 5.29. The summed E-state index contributed by atoms with van der Waals surface area (Å²) in [5.74, 6) is -0.469. The van der Waals surface area contributed by atoms with E-state index in [0.717, 1.165) is 6.42 Å². The van der Waals surface area contributed by atoms with Crippen LogP contribution in [0.5, 0.6) is 0 Å². The summed E-state index contributed by atoms with van der Waals surface area (Å²) in [6.07, 6.45) is 0.903. The SMILES string of the molecule is CC1CC(N)CN(C(=O)c2cccc(F)c2Cl)C1. The van der Waals surface area contributed by atoms with Crippen LogP contribution in [0.2, 0.25) is 5.02 Å². The van der Waals surface area contributed by atoms with E-state index in [-0.39, 0.29) is 22.5 Å². The molecule has 98 valence electrons. The number of hydrogen-bond acceptors (Lipinski definition) is 2. The van der Waals surface area contributed by atoms with Crippen molar-refractivity contribution in [3.8, 4) is 0 Å². The Hall–Kier alpha value is -1.13. The van der Waals surface area contributed by atoms with Crippen LogP contribution in [0.3, 0.4) is 0 Å². The summed E-state index contributed by atoms with van der Waals surface area (Å²) < 4.78 is 13.3. The van der Waals surface area contributed by atoms with E-state index in [2.05, 4.69) is 0 Å². The Morgan fingerprint density at radius 2 is 2.22 bits per heavy atom. The Bertz CT molecular complexity index is 456. The van der Waals surface area contributed by atoms with Crippen molar-refractivity contribution < 1.29 is 9.18 Å². The monoisotopic (exact) mass is 270 g/mol. The van der Waals surface area contributed by atoms with Crippen molar-refractivity contribution in [2.45, 2.75) is 19.4 Å². The Labute approximate surface area is 111 Å². The summed E-state index contributed by atoms with van der Waals surface area (Å²) >= 11 is 5.83. The molecule has 1 amide bonds. The highest BCUT2D eigenvalue weighted by atomic mass is 35.5. The van der Waals surface area contributed by atoms with Gasteiger partial charge < -0.3 is 10.6 Å². The Kier molecular flexibility index (Phi) is 3.88. The minimum Gasteiger partial charge on any atom is -0.337 e. The highest BCUT2D eigenvalue weighted by Gasteiger charge is 2.27. The number of nitrogens with zero attached hydrogens (tertiary/aromatic N) is 1. The van der Waals surface area contributed by atoms with Crippen LogP contribution in [0.25, 0.3) is 0 Å². The number of nitrogens with two attached hydrogens (primary N) is 1. The van der Waals surface area contributed by atoms with Gasteiger partial charge in [0.05, 0.1) is 10.6 Å². The molecule has 1 aromatic rings. The highest BCUT2D eigenvalue weighted by Crippen LogP contribution is 2.23. The van der Waals surface area contributed by atoms with E-state index in [1.807, 2.05) is 6.92 Å². The van der Waals surface area contributed by atoms with Gasteiger partial charge in [-0.2, -0.15) is 0 Å². The molecule has 2 N–H and O–H groups in total. The number of piperidine rings is 1. The molecule has 1 heterocycles. The largest absolute Gasteiger partial charge is 0.337 e. The number of benzene rings is 1. The summed E-state index contributed by atoms with van der Waals surface area (Å²) in [4.78, 5) is 13.9. The van der Waals surface area contributed by atoms with Crippen LogP contribution < -0.4 is 5.73 Å². The van der Waals surface area contributed by atoms with Gasteiger partial charge in [0.2, 0.25) is 0 Å². The van der Waals surface area contributed by atoms with Crippen LogP contribution in [0.15, 0.2) is 18.2 Å². The van der Waals surface area contributed by atoms with Crippen molar-refractivity contribution >= 4 is 17.5 Å². The molecule has 2 atom stereocenters. The lowest BCUT2D eigenvalue weighted by molar-refractivity contribution is 0.0660. The summed E-state index contributed by atoms with van der Waals surface area (Å²) in [7, 11) is 0. The number of carbonyl (C=O) groups excluding carboxylic acids is 1. The molecule has 3 nitrogen and oxygen atoms in total. The number of amides is 1. The highest BCUT2D eigenvalue weighted by molar-refractivity contribution is 6.34. The Balaban J connectivity index is 2.23. The quantitative estimate of drug-likeness (QED) is 0.851. The van der Waals surface area contributed by atoms with E-state index in [1.165, 1.54) is 12.1 Å². The molecule has 1 aliphatic rings. The van der Waals surface area contributed by atoms with E-state index in [9.17, 15) is 9.18 Å². The standard InChI is InChI=1S/C13H16ClFN2O/c1-8-5-9(16)7-17(6-8)13(18)10-3-2-4-11(15)12(10)14/h2-4,8-9H,5-7,16H2,1H3. The maximum absolute atomic E-state index is 13.3. The normalized spacial score (nSPS) is 24.1. The van der Waals surface area contributed by atoms with Gasteiger partial charge in [0.1, 0.15) is 5.82 Å². The second-order valence-electron chi connectivity index (χ2n) is 4.91. The minimum atomic E-state index is -0.572. The van der Waals surface area contributed by atoms with Gasteiger partial charge >= 0.3 is 0 Å². The molecule has 1 aromatic carbocycles. The average molecular weight is 271 g/mol. The molecule has 0 spiro atoms. The molecule has 2 rings (SSSR count). The smallest absolute Gasteiger partial charge is 0.255 e. The molecule has 0 aromatic heterocycles. The van der Waals surface area contributed by atoms with E-state index in [0.29, 0.717) is 19.0 Å². The first-order valence-corrected chi connectivity index (χ1v) is 6.35. The molecule has 18 heavy (non-hydrogen) atoms. The van der Waals surface area contributed by atoms with Gasteiger partial charge in [0, 0.05) is 19.1 Å². The van der Waals surface area contributed by atoms with Gasteiger partial charge in [-0.15, -0.1) is 0 Å². The molecular weight excluding hydrogens is 255 g/mol. The van der Waals surface area contributed by atoms with Gasteiger partial charge in [-0.25, -0.2) is 4.39 Å². The van der Waals surface area contributed by atoms with Gasteiger partial charge in [0.15, 0.2) is 0 Å². The molecule has 5 heteroatoms. The first kappa shape index (κ1) is 13.3. The molecule has 0 saturated carbocycles. The maximum Gasteiger partial charge on any atom is 0.255 e. The fraction of sp³-hybridized carbons (Fsp3) is 0.462. The van der Waals surface area contributed by atoms with E-state index in [1.54, 1.807) is 11.0 Å². The van der Waals surface area contributed by atoms with Gasteiger partial charge in [-0.3, -0.25) is 4.79 Å². The van der Waals surface area contributed by atoms with Crippen LogP contribution in [0.1, 0.15) is 23.7 Å². The predicted molar refractivity (Wildman–Crippen MR) is 69.1 cm³/mol. The minimum absolute atomic E-state index is 0.0231. The van der Waals surface area contributed by atoms with Crippen molar-refractivity contribution in [1.82, 2.24) is 4.90 Å². The molecule has 0 radical (unpaired) electrons. The van der Waals surface area contributed by atoms with Gasteiger partial charge in [-0.1, -0.05) is 24.6 Å². The Morgan fingerprint density at radius 1 is 1.50 bits per heavy atom. The molecule has 0 bridgehead atoms. The van der Waals surface area contributed by atoms with Crippen LogP contribution >= 0.6 is 11.6 Å². The lowest BCUT2D eigenvalue weighted by Crippen LogP contribution is -2.48. The summed E-state index contributed by atoms with van der Waals surface area (Å²) in [6.45, 7) is 3.18. The number of carbonyl (C=O) groups is 1. The predicted octanol–water partition coefficient (Wildman–Crippen LogP) is 2.29. The molecule has 2 unspecified atom stereocenters. The summed E-state index contributed by atoms with van der Waals surface area (Å²) in [5, 5.41) is -0.116. The zero-order valence-electron chi connectivity index (χ0n) is 10.2. The maximum atomic E-state index is 13.3. The van der Waals surface area contributed by atoms with Crippen molar-refractivity contribution in [2.24, 2.45) is 11.7 Å². The molecule has 1 aliphatic heterocycles. The fourth-order valence-electron chi connectivity index (χ4n) is 2.40. The lowest BCUT2D eigenvalue weighted by Gasteiger charge is -2.35. The molecular formula is C13H16ClFN2O.